The standard InChI is InChI=1S/C17H25NO3/c1-5-15-6-8-16(9-7-15)21-14(4)17(19)18-10-12(2)20-13(3)11-18/h6-9,12-14H,5,10-11H2,1-4H3/t12-,13-,14+/m1/s1. The van der Waals surface area contributed by atoms with Gasteiger partial charge in [-0.05, 0) is 44.9 Å². The van der Waals surface area contributed by atoms with Crippen LogP contribution in [0.15, 0.2) is 24.3 Å². The average Bonchev–Trinajstić information content (AvgIpc) is 2.46. The van der Waals surface area contributed by atoms with E-state index in [-0.39, 0.29) is 18.1 Å². The van der Waals surface area contributed by atoms with Crippen LogP contribution in [0.25, 0.3) is 0 Å². The minimum atomic E-state index is -0.477. The van der Waals surface area contributed by atoms with Gasteiger partial charge in [-0.2, -0.15) is 0 Å². The molecule has 0 spiro atoms. The van der Waals surface area contributed by atoms with Crippen molar-refractivity contribution in [3.63, 3.8) is 0 Å². The van der Waals surface area contributed by atoms with E-state index in [1.54, 1.807) is 6.92 Å². The van der Waals surface area contributed by atoms with Gasteiger partial charge in [0.2, 0.25) is 0 Å². The normalized spacial score (nSPS) is 23.7. The summed E-state index contributed by atoms with van der Waals surface area (Å²) in [5, 5.41) is 0. The van der Waals surface area contributed by atoms with Gasteiger partial charge in [0.1, 0.15) is 5.75 Å². The van der Waals surface area contributed by atoms with E-state index in [0.29, 0.717) is 13.1 Å². The monoisotopic (exact) mass is 291 g/mol. The molecule has 3 atom stereocenters. The lowest BCUT2D eigenvalue weighted by Crippen LogP contribution is -2.51. The zero-order chi connectivity index (χ0) is 15.4. The van der Waals surface area contributed by atoms with Gasteiger partial charge in [-0.25, -0.2) is 0 Å². The summed E-state index contributed by atoms with van der Waals surface area (Å²) < 4.78 is 11.4. The Bertz CT molecular complexity index is 461. The molecular formula is C17H25NO3. The maximum absolute atomic E-state index is 12.5. The fourth-order valence-corrected chi connectivity index (χ4v) is 2.67. The number of hydrogen-bond acceptors (Lipinski definition) is 3. The molecule has 1 heterocycles. The van der Waals surface area contributed by atoms with Gasteiger partial charge in [-0.1, -0.05) is 19.1 Å². The molecule has 0 aliphatic carbocycles. The van der Waals surface area contributed by atoms with Crippen LogP contribution < -0.4 is 4.74 Å². The average molecular weight is 291 g/mol. The molecule has 0 N–H and O–H groups in total. The predicted octanol–water partition coefficient (Wildman–Crippen LogP) is 2.65. The Morgan fingerprint density at radius 2 is 1.86 bits per heavy atom. The summed E-state index contributed by atoms with van der Waals surface area (Å²) >= 11 is 0. The third-order valence-corrected chi connectivity index (χ3v) is 3.72. The Morgan fingerprint density at radius 1 is 1.29 bits per heavy atom. The SMILES string of the molecule is CCc1ccc(O[C@@H](C)C(=O)N2C[C@@H](C)O[C@H](C)C2)cc1. The number of carbonyl (C=O) groups excluding carboxylic acids is 1. The van der Waals surface area contributed by atoms with Crippen LogP contribution in [0.3, 0.4) is 0 Å². The van der Waals surface area contributed by atoms with E-state index >= 15 is 0 Å². The molecule has 4 nitrogen and oxygen atoms in total. The van der Waals surface area contributed by atoms with Crippen molar-refractivity contribution in [1.82, 2.24) is 4.90 Å². The van der Waals surface area contributed by atoms with Gasteiger partial charge in [0.25, 0.3) is 5.91 Å². The Kier molecular flexibility index (Phi) is 5.23. The molecule has 1 aromatic carbocycles. The highest BCUT2D eigenvalue weighted by Crippen LogP contribution is 2.17. The number of aryl methyl sites for hydroxylation is 1. The third-order valence-electron chi connectivity index (χ3n) is 3.72. The highest BCUT2D eigenvalue weighted by molar-refractivity contribution is 5.81. The van der Waals surface area contributed by atoms with Crippen molar-refractivity contribution >= 4 is 5.91 Å². The zero-order valence-corrected chi connectivity index (χ0v) is 13.3. The highest BCUT2D eigenvalue weighted by Gasteiger charge is 2.29. The van der Waals surface area contributed by atoms with Crippen molar-refractivity contribution in [3.05, 3.63) is 29.8 Å². The summed E-state index contributed by atoms with van der Waals surface area (Å²) in [7, 11) is 0. The maximum atomic E-state index is 12.5. The first kappa shape index (κ1) is 15.8. The lowest BCUT2D eigenvalue weighted by Gasteiger charge is -2.36. The van der Waals surface area contributed by atoms with Crippen LogP contribution in [0.1, 0.15) is 33.3 Å². The number of benzene rings is 1. The van der Waals surface area contributed by atoms with Gasteiger partial charge in [0, 0.05) is 13.1 Å². The number of amides is 1. The number of nitrogens with zero attached hydrogens (tertiary/aromatic N) is 1. The van der Waals surface area contributed by atoms with Crippen LogP contribution in [-0.2, 0) is 16.0 Å². The van der Waals surface area contributed by atoms with Crippen LogP contribution in [0, 0.1) is 0 Å². The first-order chi connectivity index (χ1) is 9.99. The molecule has 1 amide bonds. The molecule has 0 aromatic heterocycles. The third kappa shape index (κ3) is 4.21. The van der Waals surface area contributed by atoms with E-state index < -0.39 is 6.10 Å². The molecule has 2 rings (SSSR count). The van der Waals surface area contributed by atoms with Crippen LogP contribution in [0.4, 0.5) is 0 Å². The summed E-state index contributed by atoms with van der Waals surface area (Å²) in [6.07, 6.45) is 0.677. The van der Waals surface area contributed by atoms with Crippen LogP contribution in [0.2, 0.25) is 0 Å². The van der Waals surface area contributed by atoms with E-state index in [1.807, 2.05) is 43.0 Å². The van der Waals surface area contributed by atoms with E-state index in [2.05, 4.69) is 6.92 Å². The quantitative estimate of drug-likeness (QED) is 0.856. The van der Waals surface area contributed by atoms with E-state index in [9.17, 15) is 4.79 Å². The maximum Gasteiger partial charge on any atom is 0.263 e. The van der Waals surface area contributed by atoms with Crippen LogP contribution >= 0.6 is 0 Å². The summed E-state index contributed by atoms with van der Waals surface area (Å²) in [6, 6.07) is 7.91. The van der Waals surface area contributed by atoms with Crippen molar-refractivity contribution < 1.29 is 14.3 Å². The molecule has 4 heteroatoms. The molecule has 21 heavy (non-hydrogen) atoms. The molecule has 1 aromatic rings. The second-order valence-electron chi connectivity index (χ2n) is 5.76. The molecule has 1 aliphatic rings. The van der Waals surface area contributed by atoms with Gasteiger partial charge in [-0.3, -0.25) is 4.79 Å². The van der Waals surface area contributed by atoms with Crippen molar-refractivity contribution in [3.8, 4) is 5.75 Å². The van der Waals surface area contributed by atoms with Crippen LogP contribution in [0.5, 0.6) is 5.75 Å². The van der Waals surface area contributed by atoms with Gasteiger partial charge >= 0.3 is 0 Å². The Hall–Kier alpha value is -1.55. The number of carbonyl (C=O) groups is 1. The predicted molar refractivity (Wildman–Crippen MR) is 82.5 cm³/mol. The fourth-order valence-electron chi connectivity index (χ4n) is 2.67. The van der Waals surface area contributed by atoms with Gasteiger partial charge < -0.3 is 14.4 Å². The topological polar surface area (TPSA) is 38.8 Å². The largest absolute Gasteiger partial charge is 0.481 e. The first-order valence-corrected chi connectivity index (χ1v) is 7.69. The molecule has 1 saturated heterocycles. The molecule has 1 aliphatic heterocycles. The van der Waals surface area contributed by atoms with E-state index in [0.717, 1.165) is 12.2 Å². The Labute approximate surface area is 127 Å². The molecular weight excluding hydrogens is 266 g/mol. The summed E-state index contributed by atoms with van der Waals surface area (Å²) in [5.74, 6) is 0.763. The smallest absolute Gasteiger partial charge is 0.263 e. The van der Waals surface area contributed by atoms with Gasteiger partial charge in [-0.15, -0.1) is 0 Å². The zero-order valence-electron chi connectivity index (χ0n) is 13.3. The second-order valence-corrected chi connectivity index (χ2v) is 5.76. The molecule has 1 fully saturated rings. The number of rotatable bonds is 4. The summed E-state index contributed by atoms with van der Waals surface area (Å²) in [6.45, 7) is 9.16. The van der Waals surface area contributed by atoms with Crippen molar-refractivity contribution in [2.45, 2.75) is 52.4 Å². The van der Waals surface area contributed by atoms with Gasteiger partial charge in [0.15, 0.2) is 6.10 Å². The first-order valence-electron chi connectivity index (χ1n) is 7.69. The number of morpholine rings is 1. The van der Waals surface area contributed by atoms with Crippen molar-refractivity contribution in [2.75, 3.05) is 13.1 Å². The van der Waals surface area contributed by atoms with Crippen LogP contribution in [-0.4, -0.2) is 42.2 Å². The molecule has 0 unspecified atom stereocenters. The minimum absolute atomic E-state index is 0.0246. The molecule has 0 saturated carbocycles. The Morgan fingerprint density at radius 3 is 2.38 bits per heavy atom. The second kappa shape index (κ2) is 6.94. The fraction of sp³-hybridized carbons (Fsp3) is 0.588. The lowest BCUT2D eigenvalue weighted by atomic mass is 10.2. The van der Waals surface area contributed by atoms with E-state index in [4.69, 9.17) is 9.47 Å². The molecule has 116 valence electrons. The summed E-state index contributed by atoms with van der Waals surface area (Å²) in [4.78, 5) is 14.3. The van der Waals surface area contributed by atoms with E-state index in [1.165, 1.54) is 5.56 Å². The van der Waals surface area contributed by atoms with Crippen molar-refractivity contribution in [1.29, 1.82) is 0 Å². The summed E-state index contributed by atoms with van der Waals surface area (Å²) in [5.41, 5.74) is 1.26. The minimum Gasteiger partial charge on any atom is -0.481 e. The lowest BCUT2D eigenvalue weighted by molar-refractivity contribution is -0.149. The van der Waals surface area contributed by atoms with Crippen molar-refractivity contribution in [2.24, 2.45) is 0 Å². The molecule has 0 radical (unpaired) electrons. The molecule has 0 bridgehead atoms. The number of hydrogen-bond donors (Lipinski definition) is 0. The van der Waals surface area contributed by atoms with Gasteiger partial charge in [0.05, 0.1) is 12.2 Å². The number of ether oxygens (including phenoxy) is 2. The Balaban J connectivity index is 1.95. The highest BCUT2D eigenvalue weighted by atomic mass is 16.5.